The molecule has 0 aromatic heterocycles. The van der Waals surface area contributed by atoms with Crippen LogP contribution >= 0.6 is 0 Å². The lowest BCUT2D eigenvalue weighted by Crippen LogP contribution is -2.96. The molecule has 2 amide bonds. The highest BCUT2D eigenvalue weighted by molar-refractivity contribution is 6.08. The Morgan fingerprint density at radius 1 is 1.07 bits per heavy atom. The minimum atomic E-state index is -1.36. The van der Waals surface area contributed by atoms with Gasteiger partial charge in [-0.15, -0.1) is 0 Å². The molecule has 144 valence electrons. The third-order valence-corrected chi connectivity index (χ3v) is 5.94. The number of hydrogen-bond acceptors (Lipinski definition) is 5. The van der Waals surface area contributed by atoms with Crippen molar-refractivity contribution >= 4 is 17.8 Å². The lowest BCUT2D eigenvalue weighted by molar-refractivity contribution is -0.742. The molecule has 4 atom stereocenters. The number of carbonyl (C=O) groups excluding carboxylic acids is 3. The Balaban J connectivity index is 1.94. The maximum Gasteiger partial charge on any atom is 0.373 e. The molecule has 2 aromatic rings. The number of nitrogens with two attached hydrogens (primary N) is 1. The van der Waals surface area contributed by atoms with Gasteiger partial charge >= 0.3 is 5.97 Å². The van der Waals surface area contributed by atoms with Gasteiger partial charge in [-0.05, 0) is 24.3 Å². The number of rotatable bonds is 3. The van der Waals surface area contributed by atoms with Crippen LogP contribution in [0, 0.1) is 11.8 Å². The number of carbonyl (C=O) groups is 3. The molecule has 7 heteroatoms. The van der Waals surface area contributed by atoms with Gasteiger partial charge in [0.1, 0.15) is 23.6 Å². The number of likely N-dealkylation sites (tertiary alicyclic amines) is 1. The molecule has 2 aliphatic rings. The number of fused-ring (bicyclic) bond motifs is 1. The Morgan fingerprint density at radius 2 is 1.71 bits per heavy atom. The van der Waals surface area contributed by atoms with Gasteiger partial charge in [-0.3, -0.25) is 14.5 Å². The molecule has 2 saturated heterocycles. The van der Waals surface area contributed by atoms with Gasteiger partial charge in [0.05, 0.1) is 7.11 Å². The van der Waals surface area contributed by atoms with Crippen LogP contribution in [0.3, 0.4) is 0 Å². The summed E-state index contributed by atoms with van der Waals surface area (Å²) in [5, 5.41) is 11.4. The number of ether oxygens (including phenoxy) is 1. The van der Waals surface area contributed by atoms with Crippen LogP contribution in [0.4, 0.5) is 0 Å². The molecular formula is C21H21N2O5+. The molecule has 7 nitrogen and oxygen atoms in total. The first-order chi connectivity index (χ1) is 13.4. The number of hydrogen-bond donors (Lipinski definition) is 2. The Kier molecular flexibility index (Phi) is 4.19. The zero-order valence-corrected chi connectivity index (χ0v) is 15.5. The smallest absolute Gasteiger partial charge is 0.373 e. The Labute approximate surface area is 161 Å². The number of amides is 2. The summed E-state index contributed by atoms with van der Waals surface area (Å²) in [6.07, 6.45) is 0. The van der Waals surface area contributed by atoms with E-state index in [-0.39, 0.29) is 17.6 Å². The normalized spacial score (nSPS) is 29.1. The van der Waals surface area contributed by atoms with Gasteiger partial charge in [0.15, 0.2) is 0 Å². The lowest BCUT2D eigenvalue weighted by atomic mass is 9.75. The van der Waals surface area contributed by atoms with Crippen molar-refractivity contribution in [2.24, 2.45) is 11.8 Å². The minimum Gasteiger partial charge on any atom is -0.508 e. The van der Waals surface area contributed by atoms with E-state index in [2.05, 4.69) is 0 Å². The molecule has 0 radical (unpaired) electrons. The highest BCUT2D eigenvalue weighted by Crippen LogP contribution is 2.48. The van der Waals surface area contributed by atoms with E-state index in [1.807, 2.05) is 6.07 Å². The summed E-state index contributed by atoms with van der Waals surface area (Å²) in [5.41, 5.74) is 0.0151. The molecule has 0 aliphatic carbocycles. The molecule has 2 heterocycles. The third kappa shape index (κ3) is 2.36. The monoisotopic (exact) mass is 381 g/mol. The average Bonchev–Trinajstić information content (AvgIpc) is 3.19. The van der Waals surface area contributed by atoms with Crippen LogP contribution in [0.15, 0.2) is 54.6 Å². The highest BCUT2D eigenvalue weighted by atomic mass is 16.5. The zero-order valence-electron chi connectivity index (χ0n) is 15.5. The summed E-state index contributed by atoms with van der Waals surface area (Å²) < 4.78 is 5.13. The SMILES string of the molecule is COC(=O)[C@]1(c2ccccc2)[NH2+][C@H](c2ccc(O)cc2)[C@H]2C(=O)N(C)C(=O)[C@H]21. The molecule has 0 spiro atoms. The molecule has 2 aromatic carbocycles. The molecule has 0 bridgehead atoms. The van der Waals surface area contributed by atoms with Gasteiger partial charge in [-0.25, -0.2) is 4.79 Å². The van der Waals surface area contributed by atoms with Crippen molar-refractivity contribution in [3.8, 4) is 5.75 Å². The van der Waals surface area contributed by atoms with Crippen molar-refractivity contribution in [3.63, 3.8) is 0 Å². The van der Waals surface area contributed by atoms with Crippen molar-refractivity contribution in [2.75, 3.05) is 14.2 Å². The van der Waals surface area contributed by atoms with E-state index in [0.717, 1.165) is 10.5 Å². The van der Waals surface area contributed by atoms with E-state index in [4.69, 9.17) is 4.74 Å². The van der Waals surface area contributed by atoms with Crippen molar-refractivity contribution in [3.05, 3.63) is 65.7 Å². The van der Waals surface area contributed by atoms with E-state index < -0.39 is 29.4 Å². The van der Waals surface area contributed by atoms with Crippen LogP contribution in [0.1, 0.15) is 17.2 Å². The number of esters is 1. The zero-order chi connectivity index (χ0) is 20.1. The summed E-state index contributed by atoms with van der Waals surface area (Å²) in [6, 6.07) is 15.0. The van der Waals surface area contributed by atoms with E-state index in [0.29, 0.717) is 5.56 Å². The first-order valence-electron chi connectivity index (χ1n) is 9.02. The van der Waals surface area contributed by atoms with E-state index in [1.54, 1.807) is 41.7 Å². The van der Waals surface area contributed by atoms with Gasteiger partial charge in [-0.1, -0.05) is 30.3 Å². The van der Waals surface area contributed by atoms with Crippen LogP contribution in [-0.2, 0) is 24.7 Å². The average molecular weight is 381 g/mol. The number of aromatic hydroxyl groups is 1. The largest absolute Gasteiger partial charge is 0.508 e. The number of benzene rings is 2. The summed E-state index contributed by atoms with van der Waals surface area (Å²) in [7, 11) is 2.73. The maximum atomic E-state index is 13.1. The molecule has 28 heavy (non-hydrogen) atoms. The fourth-order valence-electron chi connectivity index (χ4n) is 4.64. The van der Waals surface area contributed by atoms with Crippen molar-refractivity contribution in [2.45, 2.75) is 11.6 Å². The minimum absolute atomic E-state index is 0.103. The van der Waals surface area contributed by atoms with Crippen LogP contribution < -0.4 is 5.32 Å². The summed E-state index contributed by atoms with van der Waals surface area (Å²) in [4.78, 5) is 40.2. The van der Waals surface area contributed by atoms with Gasteiger partial charge in [0.2, 0.25) is 17.4 Å². The topological polar surface area (TPSA) is 101 Å². The highest BCUT2D eigenvalue weighted by Gasteiger charge is 2.72. The fraction of sp³-hybridized carbons (Fsp3) is 0.286. The van der Waals surface area contributed by atoms with Crippen LogP contribution in [-0.4, -0.2) is 41.9 Å². The standard InChI is InChI=1S/C21H20N2O5/c1-23-18(25)15-16(19(23)26)21(20(27)28-2,13-6-4-3-5-7-13)22-17(15)12-8-10-14(24)11-9-12/h3-11,15-17,22,24H,1-2H3/p+1/t15-,16-,17+,21+/m0/s1. The number of methoxy groups -OCH3 is 1. The van der Waals surface area contributed by atoms with Crippen molar-refractivity contribution in [1.82, 2.24) is 4.90 Å². The molecule has 0 saturated carbocycles. The number of quaternary nitrogens is 1. The first kappa shape index (κ1) is 18.2. The van der Waals surface area contributed by atoms with Gasteiger partial charge < -0.3 is 15.2 Å². The number of phenolic OH excluding ortho intramolecular Hbond substituents is 1. The van der Waals surface area contributed by atoms with Gasteiger partial charge in [-0.2, -0.15) is 0 Å². The van der Waals surface area contributed by atoms with Gasteiger partial charge in [0.25, 0.3) is 0 Å². The number of imide groups is 1. The quantitative estimate of drug-likeness (QED) is 0.589. The van der Waals surface area contributed by atoms with Gasteiger partial charge in [0, 0.05) is 18.2 Å². The van der Waals surface area contributed by atoms with E-state index >= 15 is 0 Å². The predicted molar refractivity (Wildman–Crippen MR) is 97.7 cm³/mol. The molecule has 3 N–H and O–H groups in total. The molecule has 2 fully saturated rings. The summed E-state index contributed by atoms with van der Waals surface area (Å²) >= 11 is 0. The summed E-state index contributed by atoms with van der Waals surface area (Å²) in [5.74, 6) is -2.74. The predicted octanol–water partition coefficient (Wildman–Crippen LogP) is 0.310. The van der Waals surface area contributed by atoms with E-state index in [9.17, 15) is 19.5 Å². The van der Waals surface area contributed by atoms with Crippen molar-refractivity contribution in [1.29, 1.82) is 0 Å². The second-order valence-corrected chi connectivity index (χ2v) is 7.25. The summed E-state index contributed by atoms with van der Waals surface area (Å²) in [6.45, 7) is 0. The molecule has 2 aliphatic heterocycles. The lowest BCUT2D eigenvalue weighted by Gasteiger charge is -2.29. The second-order valence-electron chi connectivity index (χ2n) is 7.25. The number of phenols is 1. The third-order valence-electron chi connectivity index (χ3n) is 5.94. The molecule has 4 rings (SSSR count). The number of nitrogens with zero attached hydrogens (tertiary/aromatic N) is 1. The van der Waals surface area contributed by atoms with Crippen molar-refractivity contribution < 1.29 is 29.5 Å². The Hall–Kier alpha value is -3.19. The van der Waals surface area contributed by atoms with Crippen LogP contribution in [0.2, 0.25) is 0 Å². The molecular weight excluding hydrogens is 360 g/mol. The second kappa shape index (κ2) is 6.45. The Bertz CT molecular complexity index is 943. The maximum absolute atomic E-state index is 13.1. The van der Waals surface area contributed by atoms with Crippen LogP contribution in [0.25, 0.3) is 0 Å². The first-order valence-corrected chi connectivity index (χ1v) is 9.02. The van der Waals surface area contributed by atoms with E-state index in [1.165, 1.54) is 26.3 Å². The molecule has 0 unspecified atom stereocenters. The Morgan fingerprint density at radius 3 is 2.32 bits per heavy atom. The van der Waals surface area contributed by atoms with Crippen LogP contribution in [0.5, 0.6) is 5.75 Å². The fourth-order valence-corrected chi connectivity index (χ4v) is 4.64.